The zero-order valence-electron chi connectivity index (χ0n) is 20.6. The fraction of sp³-hybridized carbons (Fsp3) is 0.385. The molecule has 2 N–H and O–H groups in total. The molecule has 2 aliphatic heterocycles. The van der Waals surface area contributed by atoms with E-state index in [1.54, 1.807) is 32.4 Å². The van der Waals surface area contributed by atoms with Gasteiger partial charge in [-0.15, -0.1) is 0 Å². The van der Waals surface area contributed by atoms with Crippen molar-refractivity contribution in [2.75, 3.05) is 59.0 Å². The van der Waals surface area contributed by atoms with Crippen LogP contribution in [0, 0.1) is 6.92 Å². The molecule has 9 nitrogen and oxygen atoms in total. The summed E-state index contributed by atoms with van der Waals surface area (Å²) in [4.78, 5) is 30.1. The molecule has 35 heavy (non-hydrogen) atoms. The summed E-state index contributed by atoms with van der Waals surface area (Å²) in [5, 5.41) is 5.71. The average Bonchev–Trinajstić information content (AvgIpc) is 2.88. The van der Waals surface area contributed by atoms with E-state index in [1.807, 2.05) is 6.07 Å². The highest BCUT2D eigenvalue weighted by Gasteiger charge is 2.35. The van der Waals surface area contributed by atoms with Gasteiger partial charge in [0.05, 0.1) is 32.9 Å². The van der Waals surface area contributed by atoms with Gasteiger partial charge in [0, 0.05) is 44.1 Å². The number of carbonyl (C=O) groups excluding carboxylic acids is 2. The molecule has 0 bridgehead atoms. The first kappa shape index (κ1) is 24.4. The van der Waals surface area contributed by atoms with Gasteiger partial charge in [-0.2, -0.15) is 0 Å². The Morgan fingerprint density at radius 3 is 2.37 bits per heavy atom. The van der Waals surface area contributed by atoms with Crippen LogP contribution in [0.1, 0.15) is 17.2 Å². The van der Waals surface area contributed by atoms with Crippen molar-refractivity contribution in [3.8, 4) is 11.5 Å². The molecule has 2 amide bonds. The van der Waals surface area contributed by atoms with E-state index in [2.05, 4.69) is 45.6 Å². The number of methoxy groups -OCH3 is 3. The van der Waals surface area contributed by atoms with Crippen molar-refractivity contribution >= 4 is 17.7 Å². The number of piperazine rings is 1. The van der Waals surface area contributed by atoms with E-state index in [4.69, 9.17) is 14.2 Å². The fourth-order valence-corrected chi connectivity index (χ4v) is 4.66. The van der Waals surface area contributed by atoms with Gasteiger partial charge in [-0.25, -0.2) is 9.59 Å². The highest BCUT2D eigenvalue weighted by molar-refractivity contribution is 5.95. The minimum Gasteiger partial charge on any atom is -0.493 e. The lowest BCUT2D eigenvalue weighted by Gasteiger charge is -2.38. The molecule has 2 heterocycles. The molecule has 0 aromatic heterocycles. The molecule has 0 radical (unpaired) electrons. The molecule has 1 saturated heterocycles. The predicted octanol–water partition coefficient (Wildman–Crippen LogP) is 2.62. The number of ether oxygens (including phenoxy) is 3. The Morgan fingerprint density at radius 1 is 1.00 bits per heavy atom. The lowest BCUT2D eigenvalue weighted by Crippen LogP contribution is -2.51. The summed E-state index contributed by atoms with van der Waals surface area (Å²) < 4.78 is 15.9. The van der Waals surface area contributed by atoms with Crippen molar-refractivity contribution in [3.05, 3.63) is 64.9 Å². The Hall–Kier alpha value is -3.72. The van der Waals surface area contributed by atoms with Gasteiger partial charge in [0.15, 0.2) is 11.5 Å². The van der Waals surface area contributed by atoms with Gasteiger partial charge in [-0.3, -0.25) is 4.90 Å². The molecule has 1 fully saturated rings. The van der Waals surface area contributed by atoms with Crippen LogP contribution in [0.2, 0.25) is 0 Å². The standard InChI is InChI=1S/C26H32N4O5/c1-17-7-5-6-8-20(17)30-13-11-29(12-14-30)16-19-23(25(31)35-4)24(28-26(32)27-19)18-9-10-21(33-2)22(15-18)34-3/h5-10,15,24H,11-14,16H2,1-4H3,(H2,27,28,32)/t24-/m0/s1. The lowest BCUT2D eigenvalue weighted by atomic mass is 9.94. The van der Waals surface area contributed by atoms with Gasteiger partial charge in [-0.05, 0) is 36.2 Å². The topological polar surface area (TPSA) is 92.4 Å². The van der Waals surface area contributed by atoms with E-state index in [9.17, 15) is 9.59 Å². The molecule has 2 aromatic carbocycles. The molecular weight excluding hydrogens is 448 g/mol. The number of nitrogens with zero attached hydrogens (tertiary/aromatic N) is 2. The maximum absolute atomic E-state index is 12.9. The van der Waals surface area contributed by atoms with Crippen LogP contribution in [0.15, 0.2) is 53.7 Å². The zero-order chi connectivity index (χ0) is 24.9. The number of hydrogen-bond acceptors (Lipinski definition) is 7. The summed E-state index contributed by atoms with van der Waals surface area (Å²) in [7, 11) is 4.44. The van der Waals surface area contributed by atoms with Gasteiger partial charge >= 0.3 is 12.0 Å². The predicted molar refractivity (Wildman–Crippen MR) is 133 cm³/mol. The first-order chi connectivity index (χ1) is 16.9. The molecule has 4 rings (SSSR count). The summed E-state index contributed by atoms with van der Waals surface area (Å²) in [5.74, 6) is 0.577. The fourth-order valence-electron chi connectivity index (χ4n) is 4.66. The van der Waals surface area contributed by atoms with Crippen LogP contribution in [0.4, 0.5) is 10.5 Å². The Kier molecular flexibility index (Phi) is 7.45. The monoisotopic (exact) mass is 480 g/mol. The Morgan fingerprint density at radius 2 is 1.71 bits per heavy atom. The third kappa shape index (κ3) is 5.19. The zero-order valence-corrected chi connectivity index (χ0v) is 20.6. The Labute approximate surface area is 205 Å². The van der Waals surface area contributed by atoms with E-state index >= 15 is 0 Å². The molecular formula is C26H32N4O5. The summed E-state index contributed by atoms with van der Waals surface area (Å²) in [5.41, 5.74) is 4.11. The molecule has 0 saturated carbocycles. The molecule has 0 aliphatic carbocycles. The second-order valence-electron chi connectivity index (χ2n) is 8.58. The van der Waals surface area contributed by atoms with E-state index in [0.717, 1.165) is 26.2 Å². The largest absolute Gasteiger partial charge is 0.493 e. The van der Waals surface area contributed by atoms with Crippen molar-refractivity contribution in [1.29, 1.82) is 0 Å². The molecule has 2 aromatic rings. The maximum atomic E-state index is 12.9. The summed E-state index contributed by atoms with van der Waals surface area (Å²) in [6, 6.07) is 12.6. The van der Waals surface area contributed by atoms with Crippen molar-refractivity contribution in [1.82, 2.24) is 15.5 Å². The molecule has 0 unspecified atom stereocenters. The third-order valence-corrected chi connectivity index (χ3v) is 6.51. The molecule has 2 aliphatic rings. The minimum atomic E-state index is -0.681. The lowest BCUT2D eigenvalue weighted by molar-refractivity contribution is -0.136. The number of urea groups is 1. The van der Waals surface area contributed by atoms with Crippen LogP contribution in [-0.2, 0) is 9.53 Å². The highest BCUT2D eigenvalue weighted by Crippen LogP contribution is 2.34. The van der Waals surface area contributed by atoms with Crippen LogP contribution >= 0.6 is 0 Å². The molecule has 0 spiro atoms. The number of nitrogens with one attached hydrogen (secondary N) is 2. The van der Waals surface area contributed by atoms with Gasteiger partial charge < -0.3 is 29.7 Å². The SMILES string of the molecule is COC(=O)C1=C(CN2CCN(c3ccccc3C)CC2)NC(=O)N[C@H]1c1ccc(OC)c(OC)c1. The number of amides is 2. The first-order valence-corrected chi connectivity index (χ1v) is 11.6. The smallest absolute Gasteiger partial charge is 0.338 e. The average molecular weight is 481 g/mol. The van der Waals surface area contributed by atoms with E-state index in [1.165, 1.54) is 18.4 Å². The number of carbonyl (C=O) groups is 2. The third-order valence-electron chi connectivity index (χ3n) is 6.51. The number of benzene rings is 2. The van der Waals surface area contributed by atoms with Crippen molar-refractivity contribution in [3.63, 3.8) is 0 Å². The van der Waals surface area contributed by atoms with Crippen LogP contribution in [-0.4, -0.2) is 71.0 Å². The van der Waals surface area contributed by atoms with E-state index in [-0.39, 0.29) is 6.03 Å². The quantitative estimate of drug-likeness (QED) is 0.589. The van der Waals surface area contributed by atoms with Crippen molar-refractivity contribution in [2.24, 2.45) is 0 Å². The van der Waals surface area contributed by atoms with Crippen LogP contribution in [0.5, 0.6) is 11.5 Å². The first-order valence-electron chi connectivity index (χ1n) is 11.6. The van der Waals surface area contributed by atoms with Gasteiger partial charge in [0.2, 0.25) is 0 Å². The number of anilines is 1. The summed E-state index contributed by atoms with van der Waals surface area (Å²) in [6.07, 6.45) is 0. The number of rotatable bonds is 7. The van der Waals surface area contributed by atoms with Crippen LogP contribution in [0.3, 0.4) is 0 Å². The Bertz CT molecular complexity index is 1120. The van der Waals surface area contributed by atoms with E-state index in [0.29, 0.717) is 34.9 Å². The maximum Gasteiger partial charge on any atom is 0.338 e. The number of para-hydroxylation sites is 1. The highest BCUT2D eigenvalue weighted by atomic mass is 16.5. The molecule has 1 atom stereocenters. The number of hydrogen-bond donors (Lipinski definition) is 2. The normalized spacial score (nSPS) is 18.6. The summed E-state index contributed by atoms with van der Waals surface area (Å²) in [6.45, 7) is 5.87. The van der Waals surface area contributed by atoms with Crippen LogP contribution < -0.4 is 25.0 Å². The molecule has 186 valence electrons. The number of esters is 1. The van der Waals surface area contributed by atoms with Crippen LogP contribution in [0.25, 0.3) is 0 Å². The van der Waals surface area contributed by atoms with Gasteiger partial charge in [0.1, 0.15) is 0 Å². The summed E-state index contributed by atoms with van der Waals surface area (Å²) >= 11 is 0. The van der Waals surface area contributed by atoms with Gasteiger partial charge in [0.25, 0.3) is 0 Å². The van der Waals surface area contributed by atoms with Crippen molar-refractivity contribution < 1.29 is 23.8 Å². The molecule has 9 heteroatoms. The van der Waals surface area contributed by atoms with Crippen molar-refractivity contribution in [2.45, 2.75) is 13.0 Å². The number of aryl methyl sites for hydroxylation is 1. The van der Waals surface area contributed by atoms with Gasteiger partial charge in [-0.1, -0.05) is 24.3 Å². The Balaban J connectivity index is 1.58. The van der Waals surface area contributed by atoms with E-state index < -0.39 is 12.0 Å². The minimum absolute atomic E-state index is 0.369. The second-order valence-corrected chi connectivity index (χ2v) is 8.58. The second kappa shape index (κ2) is 10.7.